The molecule has 8 heteroatoms. The van der Waals surface area contributed by atoms with Crippen LogP contribution in [0.1, 0.15) is 23.0 Å². The molecule has 0 spiro atoms. The van der Waals surface area contributed by atoms with Crippen LogP contribution in [-0.2, 0) is 18.0 Å². The van der Waals surface area contributed by atoms with Gasteiger partial charge in [0.25, 0.3) is 5.56 Å². The van der Waals surface area contributed by atoms with E-state index in [-0.39, 0.29) is 23.3 Å². The Bertz CT molecular complexity index is 1120. The molecule has 0 radical (unpaired) electrons. The fraction of sp³-hybridized carbons (Fsp3) is 0.200. The zero-order valence-electron chi connectivity index (χ0n) is 14.9. The first-order valence-electron chi connectivity index (χ1n) is 8.32. The molecular formula is C20H15ClF3NO3. The van der Waals surface area contributed by atoms with Crippen LogP contribution in [0.25, 0.3) is 21.9 Å². The van der Waals surface area contributed by atoms with E-state index in [1.54, 1.807) is 6.92 Å². The van der Waals surface area contributed by atoms with Crippen LogP contribution in [0.3, 0.4) is 0 Å². The maximum atomic E-state index is 12.9. The first kappa shape index (κ1) is 19.9. The second kappa shape index (κ2) is 7.31. The smallest absolute Gasteiger partial charge is 0.416 e. The van der Waals surface area contributed by atoms with E-state index in [2.05, 4.69) is 0 Å². The van der Waals surface area contributed by atoms with Gasteiger partial charge in [0.1, 0.15) is 5.69 Å². The molecule has 3 rings (SSSR count). The first-order valence-corrected chi connectivity index (χ1v) is 8.70. The summed E-state index contributed by atoms with van der Waals surface area (Å²) in [5, 5.41) is 0.969. The normalized spacial score (nSPS) is 11.6. The molecule has 0 atom stereocenters. The molecule has 2 aromatic carbocycles. The number of esters is 1. The molecule has 4 nitrogen and oxygen atoms in total. The van der Waals surface area contributed by atoms with Crippen molar-refractivity contribution in [3.8, 4) is 11.1 Å². The zero-order valence-corrected chi connectivity index (χ0v) is 15.7. The minimum Gasteiger partial charge on any atom is -0.461 e. The molecule has 146 valence electrons. The van der Waals surface area contributed by atoms with Crippen LogP contribution in [-0.4, -0.2) is 17.1 Å². The van der Waals surface area contributed by atoms with Crippen LogP contribution in [0.4, 0.5) is 13.2 Å². The third-order valence-corrected chi connectivity index (χ3v) is 4.56. The average Bonchev–Trinajstić information content (AvgIpc) is 2.64. The Hall–Kier alpha value is -2.80. The molecular weight excluding hydrogens is 395 g/mol. The monoisotopic (exact) mass is 409 g/mol. The Morgan fingerprint density at radius 3 is 2.32 bits per heavy atom. The van der Waals surface area contributed by atoms with E-state index in [9.17, 15) is 22.8 Å². The van der Waals surface area contributed by atoms with Crippen LogP contribution >= 0.6 is 11.6 Å². The fourth-order valence-electron chi connectivity index (χ4n) is 3.04. The lowest BCUT2D eigenvalue weighted by Gasteiger charge is -2.17. The molecule has 0 fully saturated rings. The Morgan fingerprint density at radius 2 is 1.75 bits per heavy atom. The third kappa shape index (κ3) is 3.49. The number of rotatable bonds is 3. The van der Waals surface area contributed by atoms with Crippen LogP contribution < -0.4 is 5.56 Å². The van der Waals surface area contributed by atoms with Crippen molar-refractivity contribution in [2.45, 2.75) is 13.1 Å². The summed E-state index contributed by atoms with van der Waals surface area (Å²) < 4.78 is 45.0. The van der Waals surface area contributed by atoms with Gasteiger partial charge < -0.3 is 9.30 Å². The third-order valence-electron chi connectivity index (χ3n) is 4.33. The fourth-order valence-corrected chi connectivity index (χ4v) is 3.22. The van der Waals surface area contributed by atoms with Crippen molar-refractivity contribution in [1.29, 1.82) is 0 Å². The van der Waals surface area contributed by atoms with Gasteiger partial charge in [0.05, 0.1) is 12.2 Å². The molecule has 0 aliphatic rings. The lowest BCUT2D eigenvalue weighted by molar-refractivity contribution is -0.137. The summed E-state index contributed by atoms with van der Waals surface area (Å²) in [6, 6.07) is 8.91. The number of hydrogen-bond acceptors (Lipinski definition) is 3. The highest BCUT2D eigenvalue weighted by molar-refractivity contribution is 6.31. The highest BCUT2D eigenvalue weighted by Gasteiger charge is 2.30. The standard InChI is InChI=1S/C20H15ClF3NO3/c1-3-28-19(27)17-16(11-4-6-12(7-5-11)20(22,23)24)15-10-13(21)8-9-14(15)18(26)25(17)2/h4-10H,3H2,1-2H3. The summed E-state index contributed by atoms with van der Waals surface area (Å²) in [6.45, 7) is 1.69. The van der Waals surface area contributed by atoms with E-state index in [1.807, 2.05) is 0 Å². The number of carbonyl (C=O) groups is 1. The Kier molecular flexibility index (Phi) is 5.21. The predicted molar refractivity (Wildman–Crippen MR) is 101 cm³/mol. The van der Waals surface area contributed by atoms with Crippen molar-refractivity contribution < 1.29 is 22.7 Å². The van der Waals surface area contributed by atoms with Crippen molar-refractivity contribution in [2.75, 3.05) is 6.61 Å². The van der Waals surface area contributed by atoms with Gasteiger partial charge in [-0.25, -0.2) is 4.79 Å². The molecule has 0 unspecified atom stereocenters. The topological polar surface area (TPSA) is 48.3 Å². The predicted octanol–water partition coefficient (Wildman–Crippen LogP) is 5.05. The van der Waals surface area contributed by atoms with Gasteiger partial charge in [-0.2, -0.15) is 13.2 Å². The lowest BCUT2D eigenvalue weighted by Crippen LogP contribution is -2.26. The van der Waals surface area contributed by atoms with Gasteiger partial charge in [-0.3, -0.25) is 4.79 Å². The maximum absolute atomic E-state index is 12.9. The summed E-state index contributed by atoms with van der Waals surface area (Å²) in [7, 11) is 1.41. The minimum atomic E-state index is -4.49. The van der Waals surface area contributed by atoms with Gasteiger partial charge in [-0.1, -0.05) is 23.7 Å². The van der Waals surface area contributed by atoms with Gasteiger partial charge in [-0.05, 0) is 48.2 Å². The molecule has 3 aromatic rings. The van der Waals surface area contributed by atoms with Crippen molar-refractivity contribution in [2.24, 2.45) is 7.05 Å². The van der Waals surface area contributed by atoms with Gasteiger partial charge in [0.15, 0.2) is 0 Å². The van der Waals surface area contributed by atoms with Gasteiger partial charge >= 0.3 is 12.1 Å². The second-order valence-electron chi connectivity index (χ2n) is 6.07. The number of carbonyl (C=O) groups excluding carboxylic acids is 1. The van der Waals surface area contributed by atoms with Crippen LogP contribution in [0.5, 0.6) is 0 Å². The van der Waals surface area contributed by atoms with Crippen molar-refractivity contribution in [3.63, 3.8) is 0 Å². The molecule has 0 saturated carbocycles. The second-order valence-corrected chi connectivity index (χ2v) is 6.51. The zero-order chi connectivity index (χ0) is 20.6. The maximum Gasteiger partial charge on any atom is 0.416 e. The number of aromatic nitrogens is 1. The summed E-state index contributed by atoms with van der Waals surface area (Å²) in [4.78, 5) is 25.3. The molecule has 0 N–H and O–H groups in total. The first-order chi connectivity index (χ1) is 13.1. The highest BCUT2D eigenvalue weighted by Crippen LogP contribution is 2.35. The van der Waals surface area contributed by atoms with Crippen molar-refractivity contribution in [1.82, 2.24) is 4.57 Å². The molecule has 1 heterocycles. The summed E-state index contributed by atoms with van der Waals surface area (Å²) in [6.07, 6.45) is -4.49. The number of fused-ring (bicyclic) bond motifs is 1. The quantitative estimate of drug-likeness (QED) is 0.568. The summed E-state index contributed by atoms with van der Waals surface area (Å²) in [5.41, 5.74) is -0.696. The van der Waals surface area contributed by atoms with Gasteiger partial charge in [0.2, 0.25) is 0 Å². The number of halogens is 4. The number of hydrogen-bond donors (Lipinski definition) is 0. The molecule has 0 amide bonds. The number of alkyl halides is 3. The van der Waals surface area contributed by atoms with E-state index >= 15 is 0 Å². The van der Waals surface area contributed by atoms with E-state index in [4.69, 9.17) is 16.3 Å². The van der Waals surface area contributed by atoms with E-state index in [0.29, 0.717) is 16.0 Å². The highest BCUT2D eigenvalue weighted by atomic mass is 35.5. The van der Waals surface area contributed by atoms with Crippen LogP contribution in [0.15, 0.2) is 47.3 Å². The largest absolute Gasteiger partial charge is 0.461 e. The number of ether oxygens (including phenoxy) is 1. The summed E-state index contributed by atoms with van der Waals surface area (Å²) >= 11 is 6.07. The van der Waals surface area contributed by atoms with Crippen molar-refractivity contribution >= 4 is 28.3 Å². The SMILES string of the molecule is CCOC(=O)c1c(-c2ccc(C(F)(F)F)cc2)c2cc(Cl)ccc2c(=O)n1C. The lowest BCUT2D eigenvalue weighted by atomic mass is 9.96. The van der Waals surface area contributed by atoms with Crippen LogP contribution in [0, 0.1) is 0 Å². The Labute approximate surface area is 163 Å². The summed E-state index contributed by atoms with van der Waals surface area (Å²) in [5.74, 6) is -0.751. The van der Waals surface area contributed by atoms with Crippen LogP contribution in [0.2, 0.25) is 5.02 Å². The van der Waals surface area contributed by atoms with E-state index in [1.165, 1.54) is 37.4 Å². The molecule has 0 aliphatic carbocycles. The van der Waals surface area contributed by atoms with Gasteiger partial charge in [0, 0.05) is 23.0 Å². The number of pyridine rings is 1. The van der Waals surface area contributed by atoms with E-state index < -0.39 is 23.3 Å². The van der Waals surface area contributed by atoms with Crippen molar-refractivity contribution in [3.05, 3.63) is 69.1 Å². The average molecular weight is 410 g/mol. The molecule has 1 aromatic heterocycles. The molecule has 0 saturated heterocycles. The molecule has 28 heavy (non-hydrogen) atoms. The van der Waals surface area contributed by atoms with E-state index in [0.717, 1.165) is 16.7 Å². The van der Waals surface area contributed by atoms with Gasteiger partial charge in [-0.15, -0.1) is 0 Å². The molecule has 0 aliphatic heterocycles. The minimum absolute atomic E-state index is 0.0543. The molecule has 0 bridgehead atoms. The Morgan fingerprint density at radius 1 is 1.11 bits per heavy atom. The number of benzene rings is 2. The number of nitrogens with zero attached hydrogens (tertiary/aromatic N) is 1. The Balaban J connectivity index is 2.40.